The van der Waals surface area contributed by atoms with E-state index in [1.165, 1.54) is 0 Å². The van der Waals surface area contributed by atoms with Crippen molar-refractivity contribution in [3.63, 3.8) is 0 Å². The number of ether oxygens (including phenoxy) is 2. The molecule has 0 spiro atoms. The SMILES string of the molecule is COc1ccc(OC)c([C@H](C)N=Cc2ccccc2)c1. The van der Waals surface area contributed by atoms with Crippen molar-refractivity contribution in [2.75, 3.05) is 14.2 Å². The summed E-state index contributed by atoms with van der Waals surface area (Å²) in [6.45, 7) is 2.04. The second-order valence-electron chi connectivity index (χ2n) is 4.47. The first-order chi connectivity index (χ1) is 9.74. The predicted molar refractivity (Wildman–Crippen MR) is 82.0 cm³/mol. The fraction of sp³-hybridized carbons (Fsp3) is 0.235. The highest BCUT2D eigenvalue weighted by Crippen LogP contribution is 2.31. The molecule has 0 aromatic heterocycles. The lowest BCUT2D eigenvalue weighted by Crippen LogP contribution is -1.97. The largest absolute Gasteiger partial charge is 0.497 e. The van der Waals surface area contributed by atoms with E-state index in [-0.39, 0.29) is 6.04 Å². The molecule has 0 aliphatic carbocycles. The number of nitrogens with zero attached hydrogens (tertiary/aromatic N) is 1. The molecule has 2 rings (SSSR count). The number of aliphatic imine (C=N–C) groups is 1. The lowest BCUT2D eigenvalue weighted by atomic mass is 10.1. The summed E-state index contributed by atoms with van der Waals surface area (Å²) in [6.07, 6.45) is 1.88. The van der Waals surface area contributed by atoms with Gasteiger partial charge in [0.25, 0.3) is 0 Å². The zero-order valence-electron chi connectivity index (χ0n) is 12.0. The van der Waals surface area contributed by atoms with Crippen molar-refractivity contribution in [2.45, 2.75) is 13.0 Å². The smallest absolute Gasteiger partial charge is 0.124 e. The summed E-state index contributed by atoms with van der Waals surface area (Å²) < 4.78 is 10.6. The second kappa shape index (κ2) is 6.75. The molecule has 3 heteroatoms. The van der Waals surface area contributed by atoms with E-state index in [4.69, 9.17) is 9.47 Å². The van der Waals surface area contributed by atoms with Gasteiger partial charge in [0.2, 0.25) is 0 Å². The molecule has 3 nitrogen and oxygen atoms in total. The van der Waals surface area contributed by atoms with Crippen LogP contribution in [0.5, 0.6) is 11.5 Å². The van der Waals surface area contributed by atoms with Crippen LogP contribution in [0.4, 0.5) is 0 Å². The summed E-state index contributed by atoms with van der Waals surface area (Å²) in [6, 6.07) is 15.8. The Morgan fingerprint density at radius 3 is 2.40 bits per heavy atom. The summed E-state index contributed by atoms with van der Waals surface area (Å²) in [5.41, 5.74) is 2.10. The van der Waals surface area contributed by atoms with Crippen LogP contribution in [-0.4, -0.2) is 20.4 Å². The molecule has 0 aliphatic heterocycles. The van der Waals surface area contributed by atoms with Gasteiger partial charge in [-0.05, 0) is 30.7 Å². The molecule has 0 saturated heterocycles. The fourth-order valence-electron chi connectivity index (χ4n) is 1.98. The summed E-state index contributed by atoms with van der Waals surface area (Å²) in [5.74, 6) is 1.63. The Bertz CT molecular complexity index is 579. The fourth-order valence-corrected chi connectivity index (χ4v) is 1.98. The number of benzene rings is 2. The first-order valence-corrected chi connectivity index (χ1v) is 6.54. The van der Waals surface area contributed by atoms with Gasteiger partial charge >= 0.3 is 0 Å². The van der Waals surface area contributed by atoms with Crippen LogP contribution in [0.25, 0.3) is 0 Å². The van der Waals surface area contributed by atoms with Crippen LogP contribution in [-0.2, 0) is 0 Å². The van der Waals surface area contributed by atoms with Gasteiger partial charge in [-0.25, -0.2) is 0 Å². The molecule has 2 aromatic carbocycles. The summed E-state index contributed by atoms with van der Waals surface area (Å²) in [4.78, 5) is 4.59. The van der Waals surface area contributed by atoms with Crippen molar-refractivity contribution < 1.29 is 9.47 Å². The van der Waals surface area contributed by atoms with Gasteiger partial charge in [0.15, 0.2) is 0 Å². The zero-order valence-corrected chi connectivity index (χ0v) is 12.0. The third kappa shape index (κ3) is 3.38. The Morgan fingerprint density at radius 1 is 1.00 bits per heavy atom. The van der Waals surface area contributed by atoms with E-state index in [0.29, 0.717) is 0 Å². The van der Waals surface area contributed by atoms with Gasteiger partial charge in [-0.15, -0.1) is 0 Å². The van der Waals surface area contributed by atoms with Crippen LogP contribution in [0.2, 0.25) is 0 Å². The molecular formula is C17H19NO2. The molecule has 0 radical (unpaired) electrons. The summed E-state index contributed by atoms with van der Waals surface area (Å²) >= 11 is 0. The zero-order chi connectivity index (χ0) is 14.4. The standard InChI is InChI=1S/C17H19NO2/c1-13(18-12-14-7-5-4-6-8-14)16-11-15(19-2)9-10-17(16)20-3/h4-13H,1-3H3/t13-/m0/s1. The van der Waals surface area contributed by atoms with Gasteiger partial charge in [0.05, 0.1) is 20.3 Å². The van der Waals surface area contributed by atoms with Gasteiger partial charge in [-0.2, -0.15) is 0 Å². The average molecular weight is 269 g/mol. The molecule has 0 heterocycles. The predicted octanol–water partition coefficient (Wildman–Crippen LogP) is 3.88. The normalized spacial score (nSPS) is 12.3. The molecule has 2 aromatic rings. The van der Waals surface area contributed by atoms with Crippen LogP contribution in [0.3, 0.4) is 0 Å². The van der Waals surface area contributed by atoms with E-state index in [2.05, 4.69) is 4.99 Å². The Morgan fingerprint density at radius 2 is 1.75 bits per heavy atom. The molecule has 0 bridgehead atoms. The van der Waals surface area contributed by atoms with Crippen molar-refractivity contribution in [3.05, 3.63) is 59.7 Å². The van der Waals surface area contributed by atoms with E-state index in [0.717, 1.165) is 22.6 Å². The topological polar surface area (TPSA) is 30.8 Å². The van der Waals surface area contributed by atoms with Crippen LogP contribution in [0.15, 0.2) is 53.5 Å². The number of methoxy groups -OCH3 is 2. The molecular weight excluding hydrogens is 250 g/mol. The number of hydrogen-bond acceptors (Lipinski definition) is 3. The van der Waals surface area contributed by atoms with Crippen molar-refractivity contribution in [2.24, 2.45) is 4.99 Å². The van der Waals surface area contributed by atoms with Crippen LogP contribution in [0.1, 0.15) is 24.1 Å². The van der Waals surface area contributed by atoms with Crippen LogP contribution >= 0.6 is 0 Å². The average Bonchev–Trinajstić information content (AvgIpc) is 2.52. The Labute approximate surface area is 119 Å². The third-order valence-electron chi connectivity index (χ3n) is 3.13. The molecule has 0 N–H and O–H groups in total. The molecule has 1 atom stereocenters. The van der Waals surface area contributed by atoms with Crippen molar-refractivity contribution in [1.82, 2.24) is 0 Å². The highest BCUT2D eigenvalue weighted by Gasteiger charge is 2.11. The van der Waals surface area contributed by atoms with E-state index >= 15 is 0 Å². The molecule has 0 unspecified atom stereocenters. The molecule has 0 aliphatic rings. The molecule has 20 heavy (non-hydrogen) atoms. The Balaban J connectivity index is 2.24. The quantitative estimate of drug-likeness (QED) is 0.771. The van der Waals surface area contributed by atoms with Crippen molar-refractivity contribution >= 4 is 6.21 Å². The highest BCUT2D eigenvalue weighted by atomic mass is 16.5. The van der Waals surface area contributed by atoms with Gasteiger partial charge in [-0.3, -0.25) is 4.99 Å². The van der Waals surface area contributed by atoms with Crippen LogP contribution < -0.4 is 9.47 Å². The van der Waals surface area contributed by atoms with Gasteiger partial charge in [-0.1, -0.05) is 30.3 Å². The van der Waals surface area contributed by atoms with Gasteiger partial charge < -0.3 is 9.47 Å². The maximum Gasteiger partial charge on any atom is 0.124 e. The minimum Gasteiger partial charge on any atom is -0.497 e. The Hall–Kier alpha value is -2.29. The first kappa shape index (κ1) is 14.1. The third-order valence-corrected chi connectivity index (χ3v) is 3.13. The second-order valence-corrected chi connectivity index (χ2v) is 4.47. The van der Waals surface area contributed by atoms with Crippen molar-refractivity contribution in [1.29, 1.82) is 0 Å². The lowest BCUT2D eigenvalue weighted by molar-refractivity contribution is 0.396. The van der Waals surface area contributed by atoms with Crippen LogP contribution in [0, 0.1) is 0 Å². The monoisotopic (exact) mass is 269 g/mol. The minimum absolute atomic E-state index is 0.000237. The van der Waals surface area contributed by atoms with Crippen molar-refractivity contribution in [3.8, 4) is 11.5 Å². The number of hydrogen-bond donors (Lipinski definition) is 0. The lowest BCUT2D eigenvalue weighted by Gasteiger charge is -2.13. The maximum absolute atomic E-state index is 5.39. The Kier molecular flexibility index (Phi) is 4.77. The molecule has 104 valence electrons. The molecule has 0 fully saturated rings. The van der Waals surface area contributed by atoms with E-state index in [1.807, 2.05) is 61.7 Å². The van der Waals surface area contributed by atoms with Gasteiger partial charge in [0, 0.05) is 11.8 Å². The molecule has 0 amide bonds. The molecule has 0 saturated carbocycles. The van der Waals surface area contributed by atoms with E-state index < -0.39 is 0 Å². The maximum atomic E-state index is 5.39. The highest BCUT2D eigenvalue weighted by molar-refractivity contribution is 5.79. The minimum atomic E-state index is 0.000237. The van der Waals surface area contributed by atoms with E-state index in [1.54, 1.807) is 14.2 Å². The first-order valence-electron chi connectivity index (χ1n) is 6.54. The number of rotatable bonds is 5. The van der Waals surface area contributed by atoms with Gasteiger partial charge in [0.1, 0.15) is 11.5 Å². The summed E-state index contributed by atoms with van der Waals surface area (Å²) in [7, 11) is 3.32. The van der Waals surface area contributed by atoms with E-state index in [9.17, 15) is 0 Å². The summed E-state index contributed by atoms with van der Waals surface area (Å²) in [5, 5.41) is 0.